The molecule has 0 fully saturated rings. The minimum Gasteiger partial charge on any atom is -0.477 e. The number of benzene rings is 1. The van der Waals surface area contributed by atoms with E-state index in [-0.39, 0.29) is 11.8 Å². The summed E-state index contributed by atoms with van der Waals surface area (Å²) in [5.41, 5.74) is -0.486. The summed E-state index contributed by atoms with van der Waals surface area (Å²) in [5.74, 6) is -1.89. The molecule has 1 aromatic carbocycles. The Kier molecular flexibility index (Phi) is 3.50. The van der Waals surface area contributed by atoms with Gasteiger partial charge in [0.05, 0.1) is 12.4 Å². The van der Waals surface area contributed by atoms with Gasteiger partial charge in [0, 0.05) is 6.04 Å². The second-order valence-electron chi connectivity index (χ2n) is 4.27. The van der Waals surface area contributed by atoms with Gasteiger partial charge in [0.2, 0.25) is 0 Å². The third kappa shape index (κ3) is 2.73. The standard InChI is InChI=1S/C13H13FN2O3/c1-8(2)16-7-9(6-15-16)19-11-5-3-4-10(14)12(11)13(17)18/h3-8H,1-2H3,(H,17,18). The molecule has 6 heteroatoms. The van der Waals surface area contributed by atoms with Gasteiger partial charge in [-0.05, 0) is 26.0 Å². The summed E-state index contributed by atoms with van der Waals surface area (Å²) in [6.45, 7) is 3.89. The van der Waals surface area contributed by atoms with Gasteiger partial charge in [-0.25, -0.2) is 9.18 Å². The molecule has 2 aromatic rings. The average molecular weight is 264 g/mol. The molecular weight excluding hydrogens is 251 g/mol. The van der Waals surface area contributed by atoms with Crippen LogP contribution in [0.4, 0.5) is 4.39 Å². The van der Waals surface area contributed by atoms with Crippen molar-refractivity contribution in [2.45, 2.75) is 19.9 Å². The molecule has 0 aliphatic heterocycles. The van der Waals surface area contributed by atoms with Gasteiger partial charge in [-0.2, -0.15) is 5.10 Å². The minimum atomic E-state index is -1.37. The van der Waals surface area contributed by atoms with Crippen LogP contribution >= 0.6 is 0 Å². The van der Waals surface area contributed by atoms with E-state index in [1.165, 1.54) is 18.3 Å². The summed E-state index contributed by atoms with van der Waals surface area (Å²) in [6, 6.07) is 4.03. The molecule has 0 aliphatic rings. The van der Waals surface area contributed by atoms with Crippen molar-refractivity contribution in [2.24, 2.45) is 0 Å². The van der Waals surface area contributed by atoms with E-state index in [4.69, 9.17) is 9.84 Å². The highest BCUT2D eigenvalue weighted by Crippen LogP contribution is 2.27. The van der Waals surface area contributed by atoms with Gasteiger partial charge in [0.25, 0.3) is 0 Å². The maximum absolute atomic E-state index is 13.5. The molecule has 0 amide bonds. The number of hydrogen-bond acceptors (Lipinski definition) is 3. The number of carboxylic acids is 1. The van der Waals surface area contributed by atoms with Crippen LogP contribution in [-0.2, 0) is 0 Å². The molecule has 0 radical (unpaired) electrons. The van der Waals surface area contributed by atoms with Gasteiger partial charge >= 0.3 is 5.97 Å². The Hall–Kier alpha value is -2.37. The SMILES string of the molecule is CC(C)n1cc(Oc2cccc(F)c2C(=O)O)cn1. The molecule has 0 atom stereocenters. The van der Waals surface area contributed by atoms with Crippen molar-refractivity contribution in [3.8, 4) is 11.5 Å². The first-order valence-electron chi connectivity index (χ1n) is 5.73. The van der Waals surface area contributed by atoms with Crippen LogP contribution in [0.1, 0.15) is 30.2 Å². The van der Waals surface area contributed by atoms with Crippen LogP contribution in [0.2, 0.25) is 0 Å². The van der Waals surface area contributed by atoms with Gasteiger partial charge in [0.1, 0.15) is 17.1 Å². The van der Waals surface area contributed by atoms with E-state index in [1.54, 1.807) is 10.9 Å². The monoisotopic (exact) mass is 264 g/mol. The van der Waals surface area contributed by atoms with Crippen LogP contribution in [0.25, 0.3) is 0 Å². The van der Waals surface area contributed by atoms with Crippen LogP contribution < -0.4 is 4.74 Å². The van der Waals surface area contributed by atoms with E-state index in [1.807, 2.05) is 13.8 Å². The second-order valence-corrected chi connectivity index (χ2v) is 4.27. The molecule has 2 rings (SSSR count). The molecule has 0 saturated carbocycles. The smallest absolute Gasteiger partial charge is 0.342 e. The molecule has 0 saturated heterocycles. The van der Waals surface area contributed by atoms with Crippen molar-refractivity contribution >= 4 is 5.97 Å². The lowest BCUT2D eigenvalue weighted by Gasteiger charge is -2.07. The van der Waals surface area contributed by atoms with E-state index in [0.717, 1.165) is 6.07 Å². The third-order valence-electron chi connectivity index (χ3n) is 2.52. The molecule has 1 N–H and O–H groups in total. The Morgan fingerprint density at radius 3 is 2.79 bits per heavy atom. The van der Waals surface area contributed by atoms with Crippen LogP contribution in [0, 0.1) is 5.82 Å². The fourth-order valence-corrected chi connectivity index (χ4v) is 1.58. The van der Waals surface area contributed by atoms with Gasteiger partial charge in [-0.3, -0.25) is 4.68 Å². The van der Waals surface area contributed by atoms with E-state index >= 15 is 0 Å². The van der Waals surface area contributed by atoms with Crippen molar-refractivity contribution in [2.75, 3.05) is 0 Å². The van der Waals surface area contributed by atoms with Crippen LogP contribution in [0.3, 0.4) is 0 Å². The Bertz CT molecular complexity index is 608. The Labute approximate surface area is 109 Å². The lowest BCUT2D eigenvalue weighted by atomic mass is 10.2. The Morgan fingerprint density at radius 1 is 1.47 bits per heavy atom. The van der Waals surface area contributed by atoms with Crippen LogP contribution in [0.15, 0.2) is 30.6 Å². The fourth-order valence-electron chi connectivity index (χ4n) is 1.58. The molecule has 0 spiro atoms. The molecule has 1 heterocycles. The topological polar surface area (TPSA) is 64.3 Å². The number of aromatic nitrogens is 2. The maximum atomic E-state index is 13.5. The molecule has 1 aromatic heterocycles. The van der Waals surface area contributed by atoms with E-state index in [2.05, 4.69) is 5.10 Å². The second kappa shape index (κ2) is 5.09. The molecular formula is C13H13FN2O3. The zero-order valence-corrected chi connectivity index (χ0v) is 10.5. The molecule has 0 bridgehead atoms. The van der Waals surface area contributed by atoms with Crippen molar-refractivity contribution in [1.82, 2.24) is 9.78 Å². The minimum absolute atomic E-state index is 0.0455. The zero-order chi connectivity index (χ0) is 14.0. The first kappa shape index (κ1) is 13.1. The predicted octanol–water partition coefficient (Wildman–Crippen LogP) is 3.09. The normalized spacial score (nSPS) is 10.7. The number of carbonyl (C=O) groups is 1. The van der Waals surface area contributed by atoms with Crippen LogP contribution in [0.5, 0.6) is 11.5 Å². The van der Waals surface area contributed by atoms with Gasteiger partial charge in [-0.15, -0.1) is 0 Å². The molecule has 0 aliphatic carbocycles. The summed E-state index contributed by atoms with van der Waals surface area (Å²) in [4.78, 5) is 11.0. The highest BCUT2D eigenvalue weighted by Gasteiger charge is 2.18. The predicted molar refractivity (Wildman–Crippen MR) is 66.0 cm³/mol. The van der Waals surface area contributed by atoms with E-state index in [0.29, 0.717) is 5.75 Å². The highest BCUT2D eigenvalue weighted by atomic mass is 19.1. The van der Waals surface area contributed by atoms with Crippen LogP contribution in [-0.4, -0.2) is 20.9 Å². The van der Waals surface area contributed by atoms with Crippen molar-refractivity contribution in [3.05, 3.63) is 42.0 Å². The lowest BCUT2D eigenvalue weighted by Crippen LogP contribution is -2.03. The number of aromatic carboxylic acids is 1. The number of halogens is 1. The molecule has 19 heavy (non-hydrogen) atoms. The summed E-state index contributed by atoms with van der Waals surface area (Å²) >= 11 is 0. The number of hydrogen-bond donors (Lipinski definition) is 1. The molecule has 100 valence electrons. The maximum Gasteiger partial charge on any atom is 0.342 e. The number of carboxylic acid groups (broad SMARTS) is 1. The molecule has 5 nitrogen and oxygen atoms in total. The summed E-state index contributed by atoms with van der Waals surface area (Å²) in [5, 5.41) is 13.0. The fraction of sp³-hybridized carbons (Fsp3) is 0.231. The first-order chi connectivity index (χ1) is 8.99. The largest absolute Gasteiger partial charge is 0.477 e. The third-order valence-corrected chi connectivity index (χ3v) is 2.52. The first-order valence-corrected chi connectivity index (χ1v) is 5.73. The quantitative estimate of drug-likeness (QED) is 0.921. The van der Waals surface area contributed by atoms with Gasteiger partial charge in [-0.1, -0.05) is 6.07 Å². The summed E-state index contributed by atoms with van der Waals surface area (Å²) < 4.78 is 20.5. The van der Waals surface area contributed by atoms with Gasteiger partial charge in [0.15, 0.2) is 5.75 Å². The van der Waals surface area contributed by atoms with Crippen molar-refractivity contribution in [3.63, 3.8) is 0 Å². The van der Waals surface area contributed by atoms with Crippen molar-refractivity contribution < 1.29 is 19.0 Å². The highest BCUT2D eigenvalue weighted by molar-refractivity contribution is 5.91. The number of ether oxygens (including phenoxy) is 1. The summed E-state index contributed by atoms with van der Waals surface area (Å²) in [6.07, 6.45) is 3.08. The zero-order valence-electron chi connectivity index (χ0n) is 10.5. The summed E-state index contributed by atoms with van der Waals surface area (Å²) in [7, 11) is 0. The van der Waals surface area contributed by atoms with E-state index < -0.39 is 17.3 Å². The molecule has 0 unspecified atom stereocenters. The van der Waals surface area contributed by atoms with Gasteiger partial charge < -0.3 is 9.84 Å². The Balaban J connectivity index is 2.32. The number of nitrogens with zero attached hydrogens (tertiary/aromatic N) is 2. The average Bonchev–Trinajstić information content (AvgIpc) is 2.77. The lowest BCUT2D eigenvalue weighted by molar-refractivity contribution is 0.0689. The number of rotatable bonds is 4. The van der Waals surface area contributed by atoms with E-state index in [9.17, 15) is 9.18 Å². The Morgan fingerprint density at radius 2 is 2.21 bits per heavy atom. The van der Waals surface area contributed by atoms with Crippen molar-refractivity contribution in [1.29, 1.82) is 0 Å².